The van der Waals surface area contributed by atoms with Crippen molar-refractivity contribution in [1.82, 2.24) is 10.4 Å². The number of hydrogen-bond donors (Lipinski definition) is 2. The summed E-state index contributed by atoms with van der Waals surface area (Å²) in [5.41, 5.74) is 5.17. The fraction of sp³-hybridized carbons (Fsp3) is 0.0500. The van der Waals surface area contributed by atoms with E-state index in [1.54, 1.807) is 42.6 Å². The first kappa shape index (κ1) is 17.2. The number of halogens is 1. The van der Waals surface area contributed by atoms with Crippen LogP contribution < -0.4 is 15.7 Å². The highest BCUT2D eigenvalue weighted by molar-refractivity contribution is 9.10. The summed E-state index contributed by atoms with van der Waals surface area (Å²) in [6.45, 7) is 0. The highest BCUT2D eigenvalue weighted by Gasteiger charge is 2.37. The number of amides is 2. The van der Waals surface area contributed by atoms with Crippen LogP contribution in [0.4, 0.5) is 5.69 Å². The second-order valence-corrected chi connectivity index (χ2v) is 6.95. The van der Waals surface area contributed by atoms with Gasteiger partial charge in [-0.25, -0.2) is 9.99 Å². The van der Waals surface area contributed by atoms with Gasteiger partial charge in [0.25, 0.3) is 11.8 Å². The number of hydrazine groups is 1. The number of para-hydroxylation sites is 1. The molecule has 1 aliphatic heterocycles. The monoisotopic (exact) mass is 423 g/mol. The number of rotatable bonds is 3. The lowest BCUT2D eigenvalue weighted by molar-refractivity contribution is -0.395. The first-order valence-corrected chi connectivity index (χ1v) is 9.15. The van der Waals surface area contributed by atoms with Crippen molar-refractivity contribution in [2.75, 3.05) is 5.32 Å². The number of aromatic nitrogens is 1. The Hall–Kier alpha value is -3.19. The number of carbonyl (C=O) groups is 2. The zero-order valence-electron chi connectivity index (χ0n) is 14.1. The van der Waals surface area contributed by atoms with Crippen molar-refractivity contribution in [3.8, 4) is 0 Å². The molecule has 2 aromatic carbocycles. The summed E-state index contributed by atoms with van der Waals surface area (Å²) < 4.78 is 0.875. The maximum Gasteiger partial charge on any atom is 0.276 e. The van der Waals surface area contributed by atoms with Gasteiger partial charge in [-0.3, -0.25) is 15.0 Å². The number of benzene rings is 2. The number of hydrogen-bond acceptors (Lipinski definition) is 3. The molecule has 0 radical (unpaired) electrons. The summed E-state index contributed by atoms with van der Waals surface area (Å²) in [5.74, 6) is -0.643. The van der Waals surface area contributed by atoms with E-state index >= 15 is 0 Å². The fourth-order valence-electron chi connectivity index (χ4n) is 2.94. The predicted octanol–water partition coefficient (Wildman–Crippen LogP) is 3.17. The molecule has 1 unspecified atom stereocenters. The van der Waals surface area contributed by atoms with Gasteiger partial charge in [0.05, 0.1) is 5.56 Å². The number of nitrogens with zero attached hydrogens (tertiary/aromatic N) is 1. The number of anilines is 1. The molecule has 4 rings (SSSR count). The third-order valence-corrected chi connectivity index (χ3v) is 4.81. The van der Waals surface area contributed by atoms with Gasteiger partial charge in [0.1, 0.15) is 0 Å². The second-order valence-electron chi connectivity index (χ2n) is 6.03. The summed E-state index contributed by atoms with van der Waals surface area (Å²) in [4.78, 5) is 28.9. The van der Waals surface area contributed by atoms with Crippen molar-refractivity contribution in [3.63, 3.8) is 0 Å². The van der Waals surface area contributed by atoms with Crippen LogP contribution in [0.25, 0.3) is 0 Å². The summed E-state index contributed by atoms with van der Waals surface area (Å²) in [7, 11) is 0. The van der Waals surface area contributed by atoms with E-state index < -0.39 is 6.17 Å². The van der Waals surface area contributed by atoms with Gasteiger partial charge in [0.2, 0.25) is 11.9 Å². The number of aromatic amines is 1. The molecule has 27 heavy (non-hydrogen) atoms. The Morgan fingerprint density at radius 1 is 1.04 bits per heavy atom. The average Bonchev–Trinajstić information content (AvgIpc) is 2.71. The van der Waals surface area contributed by atoms with Gasteiger partial charge < -0.3 is 5.32 Å². The van der Waals surface area contributed by atoms with Crippen molar-refractivity contribution in [2.24, 2.45) is 0 Å². The van der Waals surface area contributed by atoms with E-state index in [0.29, 0.717) is 11.1 Å². The van der Waals surface area contributed by atoms with Gasteiger partial charge in [-0.05, 0) is 42.5 Å². The first-order chi connectivity index (χ1) is 13.1. The quantitative estimate of drug-likeness (QED) is 0.678. The van der Waals surface area contributed by atoms with Crippen molar-refractivity contribution in [2.45, 2.75) is 6.17 Å². The average molecular weight is 424 g/mol. The lowest BCUT2D eigenvalue weighted by atomic mass is 10.1. The molecule has 1 aromatic heterocycles. The van der Waals surface area contributed by atoms with E-state index in [4.69, 9.17) is 0 Å². The van der Waals surface area contributed by atoms with Gasteiger partial charge in [0.15, 0.2) is 6.20 Å². The minimum atomic E-state index is -0.562. The van der Waals surface area contributed by atoms with Gasteiger partial charge in [-0.15, -0.1) is 0 Å². The molecule has 0 saturated heterocycles. The Kier molecular flexibility index (Phi) is 4.60. The minimum Gasteiger partial charge on any atom is -0.354 e. The third kappa shape index (κ3) is 3.41. The molecule has 134 valence electrons. The van der Waals surface area contributed by atoms with E-state index in [1.165, 1.54) is 5.01 Å². The van der Waals surface area contributed by atoms with Crippen molar-refractivity contribution in [3.05, 3.63) is 94.2 Å². The van der Waals surface area contributed by atoms with Crippen LogP contribution >= 0.6 is 15.9 Å². The van der Waals surface area contributed by atoms with Crippen LogP contribution in [0, 0.1) is 0 Å². The van der Waals surface area contributed by atoms with E-state index in [1.807, 2.05) is 30.3 Å². The first-order valence-electron chi connectivity index (χ1n) is 8.36. The van der Waals surface area contributed by atoms with E-state index in [-0.39, 0.29) is 11.8 Å². The molecule has 2 heterocycles. The molecule has 1 aliphatic rings. The molecule has 1 atom stereocenters. The Morgan fingerprint density at radius 2 is 1.78 bits per heavy atom. The summed E-state index contributed by atoms with van der Waals surface area (Å²) >= 11 is 3.35. The van der Waals surface area contributed by atoms with Crippen LogP contribution in [0.15, 0.2) is 77.4 Å². The normalized spacial score (nSPS) is 15.7. The Labute approximate surface area is 164 Å². The standard InChI is InChI=1S/C20H15BrN4O2/c21-14-10-8-13(9-11-14)19(26)24-25-18(17-7-3-4-12-22-17)23-16-6-2-1-5-15(16)20(25)27/h1-12,18,23H,(H,24,26)/p+1. The lowest BCUT2D eigenvalue weighted by Gasteiger charge is -2.35. The zero-order chi connectivity index (χ0) is 18.8. The number of H-pyrrole nitrogens is 1. The third-order valence-electron chi connectivity index (χ3n) is 4.28. The highest BCUT2D eigenvalue weighted by atomic mass is 79.9. The Bertz CT molecular complexity index is 992. The zero-order valence-corrected chi connectivity index (χ0v) is 15.7. The van der Waals surface area contributed by atoms with Gasteiger partial charge >= 0.3 is 0 Å². The summed E-state index contributed by atoms with van der Waals surface area (Å²) in [5, 5.41) is 4.63. The maximum atomic E-state index is 13.1. The number of pyridine rings is 1. The van der Waals surface area contributed by atoms with Crippen LogP contribution in [0.1, 0.15) is 32.6 Å². The summed E-state index contributed by atoms with van der Waals surface area (Å²) in [6.07, 6.45) is 1.21. The maximum absolute atomic E-state index is 13.1. The van der Waals surface area contributed by atoms with E-state index in [9.17, 15) is 9.59 Å². The number of fused-ring (bicyclic) bond motifs is 1. The molecule has 0 saturated carbocycles. The smallest absolute Gasteiger partial charge is 0.276 e. The van der Waals surface area contributed by atoms with Crippen LogP contribution in [-0.2, 0) is 0 Å². The molecule has 0 fully saturated rings. The molecule has 7 heteroatoms. The molecule has 3 N–H and O–H groups in total. The van der Waals surface area contributed by atoms with Gasteiger partial charge in [-0.2, -0.15) is 0 Å². The lowest BCUT2D eigenvalue weighted by Crippen LogP contribution is -2.54. The van der Waals surface area contributed by atoms with Gasteiger partial charge in [-0.1, -0.05) is 28.1 Å². The molecule has 2 amide bonds. The van der Waals surface area contributed by atoms with Crippen molar-refractivity contribution >= 4 is 33.4 Å². The predicted molar refractivity (Wildman–Crippen MR) is 104 cm³/mol. The molecule has 3 aromatic rings. The van der Waals surface area contributed by atoms with Crippen LogP contribution in [0.3, 0.4) is 0 Å². The van der Waals surface area contributed by atoms with Crippen molar-refractivity contribution in [1.29, 1.82) is 0 Å². The van der Waals surface area contributed by atoms with E-state index in [0.717, 1.165) is 15.9 Å². The fourth-order valence-corrected chi connectivity index (χ4v) is 3.20. The molecule has 0 aliphatic carbocycles. The Morgan fingerprint density at radius 3 is 2.52 bits per heavy atom. The van der Waals surface area contributed by atoms with Crippen LogP contribution in [0.2, 0.25) is 0 Å². The molecular weight excluding hydrogens is 408 g/mol. The van der Waals surface area contributed by atoms with Gasteiger partial charge in [0, 0.05) is 27.9 Å². The second kappa shape index (κ2) is 7.20. The Balaban J connectivity index is 1.69. The molecule has 0 spiro atoms. The van der Waals surface area contributed by atoms with E-state index in [2.05, 4.69) is 31.7 Å². The molecule has 0 bridgehead atoms. The highest BCUT2D eigenvalue weighted by Crippen LogP contribution is 2.30. The molecule has 6 nitrogen and oxygen atoms in total. The summed E-state index contributed by atoms with van der Waals surface area (Å²) in [6, 6.07) is 19.8. The SMILES string of the molecule is O=C(NN1C(=O)c2ccccc2NC1c1cccc[nH+]1)c1ccc(Br)cc1. The number of carbonyl (C=O) groups excluding carboxylic acids is 2. The van der Waals surface area contributed by atoms with Crippen LogP contribution in [-0.4, -0.2) is 16.8 Å². The van der Waals surface area contributed by atoms with Crippen molar-refractivity contribution < 1.29 is 14.6 Å². The number of nitrogens with one attached hydrogen (secondary N) is 3. The van der Waals surface area contributed by atoms with Crippen LogP contribution in [0.5, 0.6) is 0 Å². The molecular formula is C20H16BrN4O2+. The largest absolute Gasteiger partial charge is 0.354 e. The topological polar surface area (TPSA) is 75.6 Å². The minimum absolute atomic E-state index is 0.280.